The molecule has 0 aromatic heterocycles. The molecule has 1 heterocycles. The van der Waals surface area contributed by atoms with E-state index >= 15 is 0 Å². The highest BCUT2D eigenvalue weighted by Gasteiger charge is 2.29. The maximum atomic E-state index is 12.0. The third-order valence-corrected chi connectivity index (χ3v) is 3.22. The Morgan fingerprint density at radius 3 is 2.65 bits per heavy atom. The monoisotopic (exact) mass is 240 g/mol. The number of likely N-dealkylation sites (tertiary alicyclic amines) is 1. The minimum absolute atomic E-state index is 0.251. The van der Waals surface area contributed by atoms with Crippen LogP contribution >= 0.6 is 0 Å². The van der Waals surface area contributed by atoms with Crippen LogP contribution in [0.5, 0.6) is 0 Å². The fraction of sp³-hybridized carbons (Fsp3) is 0.846. The van der Waals surface area contributed by atoms with Crippen molar-refractivity contribution in [1.29, 1.82) is 0 Å². The molecule has 17 heavy (non-hydrogen) atoms. The van der Waals surface area contributed by atoms with Gasteiger partial charge in [-0.25, -0.2) is 0 Å². The number of amides is 2. The number of carbonyl (C=O) groups excluding carboxylic acids is 2. The van der Waals surface area contributed by atoms with Crippen LogP contribution in [0.4, 0.5) is 0 Å². The van der Waals surface area contributed by atoms with Gasteiger partial charge in [0, 0.05) is 19.1 Å². The van der Waals surface area contributed by atoms with Crippen LogP contribution < -0.4 is 5.32 Å². The van der Waals surface area contributed by atoms with Gasteiger partial charge in [0.05, 0.1) is 0 Å². The van der Waals surface area contributed by atoms with Crippen molar-refractivity contribution < 1.29 is 9.59 Å². The van der Waals surface area contributed by atoms with Gasteiger partial charge in [-0.05, 0) is 31.6 Å². The van der Waals surface area contributed by atoms with Crippen molar-refractivity contribution in [3.63, 3.8) is 0 Å². The maximum absolute atomic E-state index is 12.0. The highest BCUT2D eigenvalue weighted by atomic mass is 16.2. The molecule has 1 rings (SSSR count). The summed E-state index contributed by atoms with van der Waals surface area (Å²) in [7, 11) is 0. The lowest BCUT2D eigenvalue weighted by atomic mass is 10.00. The van der Waals surface area contributed by atoms with E-state index in [4.69, 9.17) is 0 Å². The Balaban J connectivity index is 2.51. The lowest BCUT2D eigenvalue weighted by Gasteiger charge is -2.34. The normalized spacial score (nSPS) is 20.5. The second kappa shape index (κ2) is 6.62. The Kier molecular flexibility index (Phi) is 5.45. The quantitative estimate of drug-likeness (QED) is 0.761. The van der Waals surface area contributed by atoms with E-state index in [1.54, 1.807) is 4.90 Å². The molecule has 0 bridgehead atoms. The van der Waals surface area contributed by atoms with Crippen molar-refractivity contribution in [2.24, 2.45) is 5.92 Å². The van der Waals surface area contributed by atoms with E-state index < -0.39 is 5.91 Å². The summed E-state index contributed by atoms with van der Waals surface area (Å²) in [6, 6.07) is 0.251. The maximum Gasteiger partial charge on any atom is 0.312 e. The minimum atomic E-state index is -0.445. The van der Waals surface area contributed by atoms with E-state index in [0.29, 0.717) is 12.5 Å². The van der Waals surface area contributed by atoms with Crippen LogP contribution in [0.3, 0.4) is 0 Å². The van der Waals surface area contributed by atoms with Crippen LogP contribution in [0.15, 0.2) is 0 Å². The highest BCUT2D eigenvalue weighted by Crippen LogP contribution is 2.19. The second-order valence-electron chi connectivity index (χ2n) is 5.16. The first-order valence-corrected chi connectivity index (χ1v) is 6.65. The predicted molar refractivity (Wildman–Crippen MR) is 67.5 cm³/mol. The second-order valence-corrected chi connectivity index (χ2v) is 5.16. The summed E-state index contributed by atoms with van der Waals surface area (Å²) in [5, 5.41) is 2.69. The number of rotatable bonds is 3. The zero-order chi connectivity index (χ0) is 12.8. The van der Waals surface area contributed by atoms with Crippen molar-refractivity contribution >= 4 is 11.8 Å². The van der Waals surface area contributed by atoms with Gasteiger partial charge in [0.25, 0.3) is 0 Å². The third kappa shape index (κ3) is 4.02. The number of piperidine rings is 1. The summed E-state index contributed by atoms with van der Waals surface area (Å²) < 4.78 is 0. The number of hydrogen-bond donors (Lipinski definition) is 1. The molecule has 2 amide bonds. The van der Waals surface area contributed by atoms with Gasteiger partial charge in [-0.15, -0.1) is 0 Å². The first-order chi connectivity index (χ1) is 8.06. The van der Waals surface area contributed by atoms with Gasteiger partial charge in [0.1, 0.15) is 0 Å². The largest absolute Gasteiger partial charge is 0.348 e. The summed E-state index contributed by atoms with van der Waals surface area (Å²) in [5.41, 5.74) is 0. The van der Waals surface area contributed by atoms with E-state index in [1.807, 2.05) is 13.8 Å². The fourth-order valence-electron chi connectivity index (χ4n) is 2.20. The van der Waals surface area contributed by atoms with Gasteiger partial charge < -0.3 is 10.2 Å². The van der Waals surface area contributed by atoms with Crippen molar-refractivity contribution in [3.8, 4) is 0 Å². The molecule has 0 aliphatic carbocycles. The molecule has 1 aliphatic heterocycles. The SMILES string of the molecule is CCC1CCCCN1C(=O)C(=O)NCC(C)C. The van der Waals surface area contributed by atoms with Gasteiger partial charge in [0.2, 0.25) is 0 Å². The van der Waals surface area contributed by atoms with E-state index in [-0.39, 0.29) is 11.9 Å². The number of nitrogens with one attached hydrogen (secondary N) is 1. The summed E-state index contributed by atoms with van der Waals surface area (Å²) in [5.74, 6) is -0.425. The summed E-state index contributed by atoms with van der Waals surface area (Å²) in [4.78, 5) is 25.4. The molecule has 1 saturated heterocycles. The Hall–Kier alpha value is -1.06. The van der Waals surface area contributed by atoms with Gasteiger partial charge in [-0.2, -0.15) is 0 Å². The average Bonchev–Trinajstić information content (AvgIpc) is 2.34. The van der Waals surface area contributed by atoms with E-state index in [2.05, 4.69) is 12.2 Å². The molecule has 0 aromatic carbocycles. The number of hydrogen-bond acceptors (Lipinski definition) is 2. The molecule has 1 N–H and O–H groups in total. The number of carbonyl (C=O) groups is 2. The van der Waals surface area contributed by atoms with E-state index in [9.17, 15) is 9.59 Å². The van der Waals surface area contributed by atoms with Crippen LogP contribution in [0.25, 0.3) is 0 Å². The van der Waals surface area contributed by atoms with Gasteiger partial charge in [0.15, 0.2) is 0 Å². The Morgan fingerprint density at radius 1 is 1.35 bits per heavy atom. The lowest BCUT2D eigenvalue weighted by molar-refractivity contribution is -0.148. The molecule has 1 aliphatic rings. The van der Waals surface area contributed by atoms with Crippen molar-refractivity contribution in [3.05, 3.63) is 0 Å². The number of nitrogens with zero attached hydrogens (tertiary/aromatic N) is 1. The summed E-state index contributed by atoms with van der Waals surface area (Å²) >= 11 is 0. The van der Waals surface area contributed by atoms with Gasteiger partial charge >= 0.3 is 11.8 Å². The minimum Gasteiger partial charge on any atom is -0.348 e. The highest BCUT2D eigenvalue weighted by molar-refractivity contribution is 6.35. The molecule has 0 saturated carbocycles. The zero-order valence-corrected chi connectivity index (χ0v) is 11.2. The standard InChI is InChI=1S/C13H24N2O2/c1-4-11-7-5-6-8-15(11)13(17)12(16)14-9-10(2)3/h10-11H,4-9H2,1-3H3,(H,14,16). The first kappa shape index (κ1) is 14.0. The average molecular weight is 240 g/mol. The van der Waals surface area contributed by atoms with Crippen molar-refractivity contribution in [1.82, 2.24) is 10.2 Å². The molecule has 1 unspecified atom stereocenters. The topological polar surface area (TPSA) is 49.4 Å². The van der Waals surface area contributed by atoms with Crippen molar-refractivity contribution in [2.45, 2.75) is 52.5 Å². The molecular weight excluding hydrogens is 216 g/mol. The molecular formula is C13H24N2O2. The van der Waals surface area contributed by atoms with Crippen LogP contribution in [-0.4, -0.2) is 35.8 Å². The molecule has 1 fully saturated rings. The van der Waals surface area contributed by atoms with E-state index in [0.717, 1.165) is 32.2 Å². The van der Waals surface area contributed by atoms with Crippen LogP contribution in [0.1, 0.15) is 46.5 Å². The molecule has 98 valence electrons. The molecule has 1 atom stereocenters. The van der Waals surface area contributed by atoms with Gasteiger partial charge in [-0.3, -0.25) is 9.59 Å². The Labute approximate surface area is 104 Å². The Bertz CT molecular complexity index is 277. The molecule has 4 heteroatoms. The van der Waals surface area contributed by atoms with Crippen LogP contribution in [-0.2, 0) is 9.59 Å². The van der Waals surface area contributed by atoms with Crippen molar-refractivity contribution in [2.75, 3.05) is 13.1 Å². The summed E-state index contributed by atoms with van der Waals surface area (Å²) in [6.45, 7) is 7.39. The molecule has 0 spiro atoms. The zero-order valence-electron chi connectivity index (χ0n) is 11.2. The third-order valence-electron chi connectivity index (χ3n) is 3.22. The lowest BCUT2D eigenvalue weighted by Crippen LogP contribution is -2.50. The van der Waals surface area contributed by atoms with Gasteiger partial charge in [-0.1, -0.05) is 20.8 Å². The molecule has 0 aromatic rings. The fourth-order valence-corrected chi connectivity index (χ4v) is 2.20. The van der Waals surface area contributed by atoms with Crippen LogP contribution in [0, 0.1) is 5.92 Å². The van der Waals surface area contributed by atoms with E-state index in [1.165, 1.54) is 0 Å². The smallest absolute Gasteiger partial charge is 0.312 e. The first-order valence-electron chi connectivity index (χ1n) is 6.65. The van der Waals surface area contributed by atoms with Crippen LogP contribution in [0.2, 0.25) is 0 Å². The Morgan fingerprint density at radius 2 is 2.06 bits per heavy atom. The summed E-state index contributed by atoms with van der Waals surface area (Å²) in [6.07, 6.45) is 4.14. The molecule has 4 nitrogen and oxygen atoms in total. The molecule has 0 radical (unpaired) electrons. The predicted octanol–water partition coefficient (Wildman–Crippen LogP) is 1.55.